The van der Waals surface area contributed by atoms with E-state index in [1.165, 1.54) is 5.56 Å². The van der Waals surface area contributed by atoms with E-state index in [2.05, 4.69) is 35.2 Å². The first-order valence-electron chi connectivity index (χ1n) is 10.0. The van der Waals surface area contributed by atoms with Gasteiger partial charge >= 0.3 is 0 Å². The Kier molecular flexibility index (Phi) is 7.17. The van der Waals surface area contributed by atoms with Gasteiger partial charge in [-0.1, -0.05) is 30.3 Å². The molecule has 0 unspecified atom stereocenters. The molecule has 2 heterocycles. The lowest BCUT2D eigenvalue weighted by Crippen LogP contribution is -2.59. The summed E-state index contributed by atoms with van der Waals surface area (Å²) in [6.07, 6.45) is 2.99. The molecule has 5 nitrogen and oxygen atoms in total. The second-order valence-corrected chi connectivity index (χ2v) is 7.73. The summed E-state index contributed by atoms with van der Waals surface area (Å²) in [6, 6.07) is 18.3. The van der Waals surface area contributed by atoms with Gasteiger partial charge < -0.3 is 19.3 Å². The van der Waals surface area contributed by atoms with Crippen LogP contribution in [0.25, 0.3) is 0 Å². The highest BCUT2D eigenvalue weighted by molar-refractivity contribution is 5.95. The average molecular weight is 417 g/mol. The largest absolute Gasteiger partial charge is 0.497 e. The second kappa shape index (κ2) is 9.61. The number of hydrogen-bond acceptors (Lipinski definition) is 4. The Bertz CT molecular complexity index is 790. The van der Waals surface area contributed by atoms with Gasteiger partial charge in [-0.3, -0.25) is 4.79 Å². The van der Waals surface area contributed by atoms with E-state index in [-0.39, 0.29) is 30.5 Å². The van der Waals surface area contributed by atoms with Crippen LogP contribution in [-0.2, 0) is 16.0 Å². The monoisotopic (exact) mass is 416 g/mol. The highest BCUT2D eigenvalue weighted by Crippen LogP contribution is 2.33. The van der Waals surface area contributed by atoms with Crippen molar-refractivity contribution in [3.8, 4) is 5.75 Å². The zero-order chi connectivity index (χ0) is 19.4. The molecule has 4 rings (SSSR count). The summed E-state index contributed by atoms with van der Waals surface area (Å²) in [5.74, 6) is 0.827. The maximum Gasteiger partial charge on any atom is 0.253 e. The predicted molar refractivity (Wildman–Crippen MR) is 117 cm³/mol. The molecule has 0 atom stereocenters. The van der Waals surface area contributed by atoms with Crippen LogP contribution < -0.4 is 9.64 Å². The summed E-state index contributed by atoms with van der Waals surface area (Å²) in [6.45, 7) is 3.89. The average Bonchev–Trinajstić information content (AvgIpc) is 2.76. The molecule has 1 amide bonds. The minimum absolute atomic E-state index is 0. The third-order valence-electron chi connectivity index (χ3n) is 5.96. The van der Waals surface area contributed by atoms with Crippen molar-refractivity contribution in [2.45, 2.75) is 24.9 Å². The first-order chi connectivity index (χ1) is 13.7. The third kappa shape index (κ3) is 5.10. The van der Waals surface area contributed by atoms with Crippen LogP contribution in [-0.4, -0.2) is 56.3 Å². The molecule has 2 aliphatic heterocycles. The minimum atomic E-state index is -0.225. The Hall–Kier alpha value is -2.08. The van der Waals surface area contributed by atoms with E-state index >= 15 is 0 Å². The van der Waals surface area contributed by atoms with Crippen LogP contribution >= 0.6 is 12.4 Å². The summed E-state index contributed by atoms with van der Waals surface area (Å²) < 4.78 is 11.3. The number of piperidine rings is 1. The lowest BCUT2D eigenvalue weighted by Gasteiger charge is -2.47. The van der Waals surface area contributed by atoms with E-state index in [0.29, 0.717) is 6.54 Å². The zero-order valence-corrected chi connectivity index (χ0v) is 17.7. The molecule has 156 valence electrons. The van der Waals surface area contributed by atoms with Crippen LogP contribution in [0, 0.1) is 0 Å². The quantitative estimate of drug-likeness (QED) is 0.747. The SMILES string of the molecule is COc1ccc(N2CC3(CCN(CCc4ccccc4)CC3)OCC2=O)cc1.Cl. The molecular weight excluding hydrogens is 388 g/mol. The number of halogens is 1. The number of anilines is 1. The van der Waals surface area contributed by atoms with Crippen LogP contribution in [0.4, 0.5) is 5.69 Å². The second-order valence-electron chi connectivity index (χ2n) is 7.73. The first kappa shape index (κ1) is 21.6. The van der Waals surface area contributed by atoms with E-state index in [9.17, 15) is 4.79 Å². The van der Waals surface area contributed by atoms with Crippen molar-refractivity contribution in [3.05, 3.63) is 60.2 Å². The molecule has 2 saturated heterocycles. The molecule has 29 heavy (non-hydrogen) atoms. The number of likely N-dealkylation sites (tertiary alicyclic amines) is 1. The van der Waals surface area contributed by atoms with Gasteiger partial charge in [0, 0.05) is 25.3 Å². The number of morpholine rings is 1. The van der Waals surface area contributed by atoms with Gasteiger partial charge in [-0.05, 0) is 49.1 Å². The molecule has 2 fully saturated rings. The molecule has 2 aliphatic rings. The summed E-state index contributed by atoms with van der Waals surface area (Å²) in [5, 5.41) is 0. The molecular formula is C23H29ClN2O3. The van der Waals surface area contributed by atoms with Crippen molar-refractivity contribution in [1.29, 1.82) is 0 Å². The topological polar surface area (TPSA) is 42.0 Å². The van der Waals surface area contributed by atoms with Crippen LogP contribution in [0.5, 0.6) is 5.75 Å². The molecule has 0 aromatic heterocycles. The molecule has 0 bridgehead atoms. The molecule has 2 aromatic rings. The molecule has 2 aromatic carbocycles. The van der Waals surface area contributed by atoms with Gasteiger partial charge in [0.05, 0.1) is 19.3 Å². The van der Waals surface area contributed by atoms with E-state index in [0.717, 1.165) is 50.3 Å². The highest BCUT2D eigenvalue weighted by atomic mass is 35.5. The maximum absolute atomic E-state index is 12.5. The lowest BCUT2D eigenvalue weighted by molar-refractivity contribution is -0.144. The van der Waals surface area contributed by atoms with Crippen molar-refractivity contribution < 1.29 is 14.3 Å². The summed E-state index contributed by atoms with van der Waals surface area (Å²) in [7, 11) is 1.65. The van der Waals surface area contributed by atoms with E-state index in [1.807, 2.05) is 29.2 Å². The van der Waals surface area contributed by atoms with Crippen molar-refractivity contribution in [2.24, 2.45) is 0 Å². The normalized spacial score (nSPS) is 19.1. The van der Waals surface area contributed by atoms with Gasteiger partial charge in [0.15, 0.2) is 0 Å². The molecule has 1 spiro atoms. The maximum atomic E-state index is 12.5. The number of rotatable bonds is 5. The Morgan fingerprint density at radius 3 is 2.38 bits per heavy atom. The number of carbonyl (C=O) groups is 1. The van der Waals surface area contributed by atoms with Crippen LogP contribution in [0.15, 0.2) is 54.6 Å². The van der Waals surface area contributed by atoms with Crippen LogP contribution in [0.1, 0.15) is 18.4 Å². The number of amides is 1. The number of carbonyl (C=O) groups excluding carboxylic acids is 1. The van der Waals surface area contributed by atoms with Crippen molar-refractivity contribution in [2.75, 3.05) is 44.8 Å². The van der Waals surface area contributed by atoms with Crippen molar-refractivity contribution in [1.82, 2.24) is 4.90 Å². The van der Waals surface area contributed by atoms with Gasteiger partial charge in [-0.25, -0.2) is 0 Å². The van der Waals surface area contributed by atoms with Gasteiger partial charge in [-0.15, -0.1) is 12.4 Å². The van der Waals surface area contributed by atoms with Crippen LogP contribution in [0.3, 0.4) is 0 Å². The smallest absolute Gasteiger partial charge is 0.253 e. The van der Waals surface area contributed by atoms with Gasteiger partial charge in [0.25, 0.3) is 5.91 Å². The van der Waals surface area contributed by atoms with E-state index in [4.69, 9.17) is 9.47 Å². The highest BCUT2D eigenvalue weighted by Gasteiger charge is 2.42. The predicted octanol–water partition coefficient (Wildman–Crippen LogP) is 3.56. The minimum Gasteiger partial charge on any atom is -0.497 e. The van der Waals surface area contributed by atoms with E-state index in [1.54, 1.807) is 7.11 Å². The van der Waals surface area contributed by atoms with Crippen molar-refractivity contribution in [3.63, 3.8) is 0 Å². The fourth-order valence-electron chi connectivity index (χ4n) is 4.13. The molecule has 0 N–H and O–H groups in total. The molecule has 6 heteroatoms. The fraction of sp³-hybridized carbons (Fsp3) is 0.435. The van der Waals surface area contributed by atoms with Gasteiger partial charge in [-0.2, -0.15) is 0 Å². The number of benzene rings is 2. The summed E-state index contributed by atoms with van der Waals surface area (Å²) in [5.41, 5.74) is 2.07. The number of hydrogen-bond donors (Lipinski definition) is 0. The Balaban J connectivity index is 0.00000240. The lowest BCUT2D eigenvalue weighted by atomic mass is 9.89. The van der Waals surface area contributed by atoms with Gasteiger partial charge in [0.1, 0.15) is 12.4 Å². The molecule has 0 aliphatic carbocycles. The molecule has 0 saturated carbocycles. The summed E-state index contributed by atoms with van der Waals surface area (Å²) in [4.78, 5) is 16.8. The summed E-state index contributed by atoms with van der Waals surface area (Å²) >= 11 is 0. The number of nitrogens with zero attached hydrogens (tertiary/aromatic N) is 2. The zero-order valence-electron chi connectivity index (χ0n) is 16.9. The van der Waals surface area contributed by atoms with Gasteiger partial charge in [0.2, 0.25) is 0 Å². The third-order valence-corrected chi connectivity index (χ3v) is 5.96. The Morgan fingerprint density at radius 2 is 1.72 bits per heavy atom. The standard InChI is InChI=1S/C23H28N2O3.ClH/c1-27-21-9-7-20(8-10-21)25-18-23(28-17-22(25)26)12-15-24(16-13-23)14-11-19-5-3-2-4-6-19;/h2-10H,11-18H2,1H3;1H. The first-order valence-corrected chi connectivity index (χ1v) is 10.0. The molecule has 0 radical (unpaired) electrons. The van der Waals surface area contributed by atoms with Crippen LogP contribution in [0.2, 0.25) is 0 Å². The Morgan fingerprint density at radius 1 is 1.03 bits per heavy atom. The fourth-order valence-corrected chi connectivity index (χ4v) is 4.13. The van der Waals surface area contributed by atoms with E-state index < -0.39 is 0 Å². The Labute approximate surface area is 179 Å². The number of ether oxygens (including phenoxy) is 2. The number of methoxy groups -OCH3 is 1. The van der Waals surface area contributed by atoms with Crippen molar-refractivity contribution >= 4 is 24.0 Å².